The van der Waals surface area contributed by atoms with Crippen molar-refractivity contribution < 1.29 is 18.1 Å². The number of benzene rings is 2. The van der Waals surface area contributed by atoms with Crippen LogP contribution in [0.25, 0.3) is 0 Å². The Labute approximate surface area is 164 Å². The van der Waals surface area contributed by atoms with Gasteiger partial charge < -0.3 is 5.32 Å². The van der Waals surface area contributed by atoms with Crippen molar-refractivity contribution in [3.05, 3.63) is 63.7 Å². The molecular formula is C19H23N3O5S. The summed E-state index contributed by atoms with van der Waals surface area (Å²) < 4.78 is 25.9. The molecule has 2 aromatic carbocycles. The molecule has 28 heavy (non-hydrogen) atoms. The van der Waals surface area contributed by atoms with E-state index in [1.54, 1.807) is 19.1 Å². The van der Waals surface area contributed by atoms with Crippen LogP contribution in [0.15, 0.2) is 42.5 Å². The van der Waals surface area contributed by atoms with Crippen LogP contribution in [0.1, 0.15) is 24.5 Å². The highest BCUT2D eigenvalue weighted by Crippen LogP contribution is 2.27. The van der Waals surface area contributed by atoms with Gasteiger partial charge in [-0.3, -0.25) is 19.2 Å². The van der Waals surface area contributed by atoms with Crippen LogP contribution in [-0.4, -0.2) is 31.5 Å². The third kappa shape index (κ3) is 4.66. The standard InChI is InChI=1S/C19H23N3O5S/c1-5-18(19(23)20-17-11-6-8-13(2)14(17)3)21(28(4,26)27)15-9-7-10-16(12-15)22(24)25/h6-12,18H,5H2,1-4H3,(H,20,23)/t18-/m1/s1. The zero-order valence-electron chi connectivity index (χ0n) is 16.2. The molecule has 2 aromatic rings. The molecular weight excluding hydrogens is 382 g/mol. The molecule has 0 radical (unpaired) electrons. The van der Waals surface area contributed by atoms with Crippen molar-refractivity contribution in [3.63, 3.8) is 0 Å². The number of hydrogen-bond acceptors (Lipinski definition) is 5. The van der Waals surface area contributed by atoms with E-state index in [0.29, 0.717) is 5.69 Å². The molecule has 0 aromatic heterocycles. The molecule has 0 aliphatic rings. The highest BCUT2D eigenvalue weighted by atomic mass is 32.2. The van der Waals surface area contributed by atoms with E-state index < -0.39 is 26.9 Å². The monoisotopic (exact) mass is 405 g/mol. The lowest BCUT2D eigenvalue weighted by Crippen LogP contribution is -2.47. The number of nitrogens with zero attached hydrogens (tertiary/aromatic N) is 2. The number of nitrogens with one attached hydrogen (secondary N) is 1. The molecule has 0 aliphatic carbocycles. The fourth-order valence-corrected chi connectivity index (χ4v) is 4.11. The summed E-state index contributed by atoms with van der Waals surface area (Å²) >= 11 is 0. The molecule has 0 heterocycles. The minimum absolute atomic E-state index is 0.0691. The average molecular weight is 405 g/mol. The minimum atomic E-state index is -3.88. The molecule has 0 spiro atoms. The van der Waals surface area contributed by atoms with Crippen LogP contribution < -0.4 is 9.62 Å². The summed E-state index contributed by atoms with van der Waals surface area (Å²) in [5.41, 5.74) is 2.28. The van der Waals surface area contributed by atoms with Gasteiger partial charge in [-0.15, -0.1) is 0 Å². The van der Waals surface area contributed by atoms with E-state index in [9.17, 15) is 23.3 Å². The first-order valence-electron chi connectivity index (χ1n) is 8.67. The third-order valence-corrected chi connectivity index (χ3v) is 5.67. The fourth-order valence-electron chi connectivity index (χ4n) is 2.91. The van der Waals surface area contributed by atoms with Crippen LogP contribution in [0.2, 0.25) is 0 Å². The number of nitro benzene ring substituents is 1. The minimum Gasteiger partial charge on any atom is -0.324 e. The Morgan fingerprint density at radius 2 is 1.86 bits per heavy atom. The second-order valence-electron chi connectivity index (χ2n) is 6.50. The number of anilines is 2. The Hall–Kier alpha value is -2.94. The second-order valence-corrected chi connectivity index (χ2v) is 8.36. The van der Waals surface area contributed by atoms with E-state index in [2.05, 4.69) is 5.32 Å². The third-order valence-electron chi connectivity index (χ3n) is 4.49. The van der Waals surface area contributed by atoms with Crippen molar-refractivity contribution in [2.75, 3.05) is 15.9 Å². The van der Waals surface area contributed by atoms with Gasteiger partial charge in [0, 0.05) is 17.8 Å². The van der Waals surface area contributed by atoms with E-state index in [1.807, 2.05) is 19.9 Å². The van der Waals surface area contributed by atoms with E-state index in [1.165, 1.54) is 18.2 Å². The van der Waals surface area contributed by atoms with Gasteiger partial charge in [-0.2, -0.15) is 0 Å². The average Bonchev–Trinajstić information content (AvgIpc) is 2.62. The molecule has 0 fully saturated rings. The zero-order valence-corrected chi connectivity index (χ0v) is 17.0. The summed E-state index contributed by atoms with van der Waals surface area (Å²) in [6, 6.07) is 9.63. The number of nitro groups is 1. The van der Waals surface area contributed by atoms with Crippen LogP contribution in [0, 0.1) is 24.0 Å². The lowest BCUT2D eigenvalue weighted by molar-refractivity contribution is -0.384. The summed E-state index contributed by atoms with van der Waals surface area (Å²) in [4.78, 5) is 23.4. The Kier molecular flexibility index (Phi) is 6.40. The first-order valence-corrected chi connectivity index (χ1v) is 10.5. The maximum Gasteiger partial charge on any atom is 0.271 e. The summed E-state index contributed by atoms with van der Waals surface area (Å²) in [6.07, 6.45) is 1.16. The number of rotatable bonds is 7. The smallest absolute Gasteiger partial charge is 0.271 e. The van der Waals surface area contributed by atoms with Gasteiger partial charge in [0.15, 0.2) is 0 Å². The molecule has 8 nitrogen and oxygen atoms in total. The molecule has 150 valence electrons. The molecule has 1 atom stereocenters. The first kappa shape index (κ1) is 21.4. The lowest BCUT2D eigenvalue weighted by Gasteiger charge is -2.30. The Bertz CT molecular complexity index is 1000. The number of amides is 1. The molecule has 0 unspecified atom stereocenters. The summed E-state index contributed by atoms with van der Waals surface area (Å²) in [7, 11) is -3.88. The van der Waals surface area contributed by atoms with Crippen molar-refractivity contribution >= 4 is 33.0 Å². The van der Waals surface area contributed by atoms with E-state index >= 15 is 0 Å². The van der Waals surface area contributed by atoms with Gasteiger partial charge in [-0.25, -0.2) is 8.42 Å². The number of non-ortho nitro benzene ring substituents is 1. The highest BCUT2D eigenvalue weighted by molar-refractivity contribution is 7.92. The molecule has 0 saturated heterocycles. The number of sulfonamides is 1. The Morgan fingerprint density at radius 1 is 1.21 bits per heavy atom. The maximum absolute atomic E-state index is 12.9. The Morgan fingerprint density at radius 3 is 2.43 bits per heavy atom. The Balaban J connectivity index is 2.46. The molecule has 0 saturated carbocycles. The number of hydrogen-bond donors (Lipinski definition) is 1. The molecule has 9 heteroatoms. The fraction of sp³-hybridized carbons (Fsp3) is 0.316. The summed E-state index contributed by atoms with van der Waals surface area (Å²) in [5.74, 6) is -0.506. The lowest BCUT2D eigenvalue weighted by atomic mass is 10.1. The number of aryl methyl sites for hydroxylation is 1. The van der Waals surface area contributed by atoms with Gasteiger partial charge in [0.25, 0.3) is 5.69 Å². The molecule has 1 amide bonds. The molecule has 1 N–H and O–H groups in total. The van der Waals surface area contributed by atoms with Crippen LogP contribution in [0.4, 0.5) is 17.1 Å². The van der Waals surface area contributed by atoms with Gasteiger partial charge >= 0.3 is 0 Å². The first-order chi connectivity index (χ1) is 13.1. The molecule has 0 bridgehead atoms. The number of carbonyl (C=O) groups excluding carboxylic acids is 1. The zero-order chi connectivity index (χ0) is 21.1. The van der Waals surface area contributed by atoms with Crippen LogP contribution in [-0.2, 0) is 14.8 Å². The van der Waals surface area contributed by atoms with Crippen LogP contribution in [0.5, 0.6) is 0 Å². The van der Waals surface area contributed by atoms with Gasteiger partial charge in [0.2, 0.25) is 15.9 Å². The van der Waals surface area contributed by atoms with Crippen molar-refractivity contribution in [2.24, 2.45) is 0 Å². The topological polar surface area (TPSA) is 110 Å². The van der Waals surface area contributed by atoms with Crippen molar-refractivity contribution in [2.45, 2.75) is 33.2 Å². The predicted octanol–water partition coefficient (Wildman–Crippen LogP) is 3.39. The van der Waals surface area contributed by atoms with Crippen molar-refractivity contribution in [1.29, 1.82) is 0 Å². The van der Waals surface area contributed by atoms with Gasteiger partial charge in [-0.1, -0.05) is 25.1 Å². The molecule has 2 rings (SSSR count). The largest absolute Gasteiger partial charge is 0.324 e. The summed E-state index contributed by atoms with van der Waals surface area (Å²) in [6.45, 7) is 5.46. The quantitative estimate of drug-likeness (QED) is 0.561. The summed E-state index contributed by atoms with van der Waals surface area (Å²) in [5, 5.41) is 13.9. The van der Waals surface area contributed by atoms with Gasteiger partial charge in [-0.05, 0) is 43.5 Å². The second kappa shape index (κ2) is 8.39. The highest BCUT2D eigenvalue weighted by Gasteiger charge is 2.32. The van der Waals surface area contributed by atoms with E-state index in [4.69, 9.17) is 0 Å². The van der Waals surface area contributed by atoms with Gasteiger partial charge in [0.1, 0.15) is 6.04 Å². The van der Waals surface area contributed by atoms with Gasteiger partial charge in [0.05, 0.1) is 16.9 Å². The SMILES string of the molecule is CC[C@H](C(=O)Nc1cccc(C)c1C)N(c1cccc([N+](=O)[O-])c1)S(C)(=O)=O. The maximum atomic E-state index is 12.9. The van der Waals surface area contributed by atoms with Crippen molar-refractivity contribution in [3.8, 4) is 0 Å². The van der Waals surface area contributed by atoms with Crippen molar-refractivity contribution in [1.82, 2.24) is 0 Å². The van der Waals surface area contributed by atoms with E-state index in [-0.39, 0.29) is 17.8 Å². The van der Waals surface area contributed by atoms with E-state index in [0.717, 1.165) is 27.8 Å². The predicted molar refractivity (Wildman–Crippen MR) is 109 cm³/mol. The normalized spacial score (nSPS) is 12.3. The van der Waals surface area contributed by atoms with Crippen LogP contribution in [0.3, 0.4) is 0 Å². The number of carbonyl (C=O) groups is 1. The van der Waals surface area contributed by atoms with Crippen LogP contribution >= 0.6 is 0 Å². The molecule has 0 aliphatic heterocycles.